The standard InChI is InChI=1S/C40H60N3O10/c1-38(2,3)51-33(44)24-41-20-22-43(28-37(48)53-40(7,8)9,27-36(47)50-30-32-18-14-11-15-19-32)23-21-42(26-35(46)52-39(4,5)6)25-34(45)49-29-31-16-12-10-13-17-31/h10-19,41H,20-30H2,1-9H3/q+1. The molecule has 1 unspecified atom stereocenters. The van der Waals surface area contributed by atoms with E-state index in [1.54, 1.807) is 67.2 Å². The Morgan fingerprint density at radius 2 is 1.00 bits per heavy atom. The number of carbonyl (C=O) groups is 5. The van der Waals surface area contributed by atoms with E-state index in [1.807, 2.05) is 60.7 Å². The predicted molar refractivity (Wildman–Crippen MR) is 199 cm³/mol. The molecule has 13 heteroatoms. The Hall–Kier alpha value is -4.33. The molecule has 0 fully saturated rings. The molecule has 0 amide bonds. The van der Waals surface area contributed by atoms with E-state index in [1.165, 1.54) is 0 Å². The van der Waals surface area contributed by atoms with E-state index in [2.05, 4.69) is 5.32 Å². The van der Waals surface area contributed by atoms with Crippen molar-refractivity contribution in [2.24, 2.45) is 0 Å². The van der Waals surface area contributed by atoms with Gasteiger partial charge >= 0.3 is 29.8 Å². The Morgan fingerprint density at radius 1 is 0.566 bits per heavy atom. The molecule has 0 bridgehead atoms. The first-order valence-electron chi connectivity index (χ1n) is 17.9. The van der Waals surface area contributed by atoms with Crippen LogP contribution in [0.15, 0.2) is 60.7 Å². The van der Waals surface area contributed by atoms with Crippen LogP contribution in [0, 0.1) is 0 Å². The van der Waals surface area contributed by atoms with E-state index in [4.69, 9.17) is 23.7 Å². The summed E-state index contributed by atoms with van der Waals surface area (Å²) in [5.41, 5.74) is -0.642. The van der Waals surface area contributed by atoms with Gasteiger partial charge in [-0.3, -0.25) is 19.3 Å². The van der Waals surface area contributed by atoms with Crippen LogP contribution in [0.1, 0.15) is 73.4 Å². The maximum atomic E-state index is 13.5. The lowest BCUT2D eigenvalue weighted by atomic mass is 10.2. The summed E-state index contributed by atoms with van der Waals surface area (Å²) in [4.78, 5) is 67.2. The summed E-state index contributed by atoms with van der Waals surface area (Å²) in [6.07, 6.45) is 0. The second-order valence-electron chi connectivity index (χ2n) is 16.0. The molecule has 294 valence electrons. The molecule has 2 rings (SSSR count). The van der Waals surface area contributed by atoms with Crippen molar-refractivity contribution in [1.82, 2.24) is 10.2 Å². The Morgan fingerprint density at radius 3 is 1.51 bits per heavy atom. The number of quaternary nitrogens is 1. The summed E-state index contributed by atoms with van der Waals surface area (Å²) in [6.45, 7) is 15.4. The van der Waals surface area contributed by atoms with E-state index in [0.29, 0.717) is 0 Å². The second kappa shape index (κ2) is 20.8. The first kappa shape index (κ1) is 44.8. The maximum Gasteiger partial charge on any atom is 0.362 e. The molecular formula is C40H60N3O10+. The lowest BCUT2D eigenvalue weighted by Crippen LogP contribution is -2.60. The molecular weight excluding hydrogens is 682 g/mol. The van der Waals surface area contributed by atoms with Crippen molar-refractivity contribution in [3.05, 3.63) is 71.8 Å². The number of carbonyl (C=O) groups excluding carboxylic acids is 5. The third-order valence-electron chi connectivity index (χ3n) is 7.30. The number of esters is 5. The first-order valence-corrected chi connectivity index (χ1v) is 17.9. The van der Waals surface area contributed by atoms with Gasteiger partial charge in [0.1, 0.15) is 30.0 Å². The highest BCUT2D eigenvalue weighted by molar-refractivity contribution is 5.75. The average Bonchev–Trinajstić information content (AvgIpc) is 3.02. The van der Waals surface area contributed by atoms with Crippen LogP contribution in [0.2, 0.25) is 0 Å². The van der Waals surface area contributed by atoms with Crippen molar-refractivity contribution in [2.45, 2.75) is 92.3 Å². The van der Waals surface area contributed by atoms with E-state index < -0.39 is 46.6 Å². The highest BCUT2D eigenvalue weighted by Crippen LogP contribution is 2.15. The van der Waals surface area contributed by atoms with Gasteiger partial charge in [0.05, 0.1) is 32.7 Å². The SMILES string of the molecule is CC(C)(C)OC(=O)CNCC[N+](CCN(CC(=O)OCc1ccccc1)CC(=O)OC(C)(C)C)(CC(=O)OCc1ccccc1)CC(=O)OC(C)(C)C. The van der Waals surface area contributed by atoms with Gasteiger partial charge in [-0.15, -0.1) is 0 Å². The summed E-state index contributed by atoms with van der Waals surface area (Å²) in [5.74, 6) is -2.70. The maximum absolute atomic E-state index is 13.5. The molecule has 2 aromatic rings. The van der Waals surface area contributed by atoms with Gasteiger partial charge in [-0.25, -0.2) is 9.59 Å². The topological polar surface area (TPSA) is 147 Å². The number of nitrogens with one attached hydrogen (secondary N) is 1. The second-order valence-corrected chi connectivity index (χ2v) is 16.0. The van der Waals surface area contributed by atoms with E-state index in [0.717, 1.165) is 11.1 Å². The van der Waals surface area contributed by atoms with Gasteiger partial charge in [0, 0.05) is 13.1 Å². The third kappa shape index (κ3) is 21.1. The monoisotopic (exact) mass is 742 g/mol. The van der Waals surface area contributed by atoms with Crippen molar-refractivity contribution in [3.63, 3.8) is 0 Å². The molecule has 0 saturated carbocycles. The summed E-state index contributed by atoms with van der Waals surface area (Å²) in [6, 6.07) is 18.4. The number of hydrogen-bond donors (Lipinski definition) is 1. The number of hydrogen-bond acceptors (Lipinski definition) is 12. The minimum absolute atomic E-state index is 0.0288. The van der Waals surface area contributed by atoms with Gasteiger partial charge < -0.3 is 33.5 Å². The number of rotatable bonds is 20. The molecule has 0 spiro atoms. The molecule has 2 aromatic carbocycles. The number of benzene rings is 2. The normalized spacial score (nSPS) is 13.1. The molecule has 1 atom stereocenters. The molecule has 0 saturated heterocycles. The van der Waals surface area contributed by atoms with Crippen molar-refractivity contribution in [3.8, 4) is 0 Å². The van der Waals surface area contributed by atoms with Gasteiger partial charge in [0.2, 0.25) is 0 Å². The van der Waals surface area contributed by atoms with Crippen LogP contribution in [-0.4, -0.2) is 115 Å². The van der Waals surface area contributed by atoms with Gasteiger partial charge in [-0.2, -0.15) is 0 Å². The van der Waals surface area contributed by atoms with Crippen LogP contribution in [0.3, 0.4) is 0 Å². The van der Waals surface area contributed by atoms with Crippen LogP contribution in [-0.2, 0) is 60.9 Å². The highest BCUT2D eigenvalue weighted by atomic mass is 16.6. The average molecular weight is 743 g/mol. The van der Waals surface area contributed by atoms with Gasteiger partial charge in [-0.05, 0) is 73.4 Å². The fraction of sp³-hybridized carbons (Fsp3) is 0.575. The van der Waals surface area contributed by atoms with Crippen molar-refractivity contribution in [2.75, 3.05) is 58.9 Å². The zero-order chi connectivity index (χ0) is 39.7. The molecule has 0 aliphatic rings. The van der Waals surface area contributed by atoms with Crippen LogP contribution < -0.4 is 5.32 Å². The zero-order valence-electron chi connectivity index (χ0n) is 33.0. The fourth-order valence-electron chi connectivity index (χ4n) is 5.16. The third-order valence-corrected chi connectivity index (χ3v) is 7.30. The van der Waals surface area contributed by atoms with E-state index >= 15 is 0 Å². The molecule has 53 heavy (non-hydrogen) atoms. The molecule has 0 aromatic heterocycles. The molecule has 1 N–H and O–H groups in total. The molecule has 0 heterocycles. The molecule has 0 aliphatic carbocycles. The van der Waals surface area contributed by atoms with Gasteiger partial charge in [0.15, 0.2) is 13.1 Å². The smallest absolute Gasteiger partial charge is 0.362 e. The Kier molecular flexibility index (Phi) is 17.6. The first-order chi connectivity index (χ1) is 24.6. The van der Waals surface area contributed by atoms with Crippen molar-refractivity contribution < 1.29 is 52.1 Å². The van der Waals surface area contributed by atoms with Gasteiger partial charge in [0.25, 0.3) is 0 Å². The van der Waals surface area contributed by atoms with Crippen LogP contribution >= 0.6 is 0 Å². The minimum atomic E-state index is -0.805. The Bertz CT molecular complexity index is 1460. The largest absolute Gasteiger partial charge is 0.460 e. The van der Waals surface area contributed by atoms with Crippen molar-refractivity contribution in [1.29, 1.82) is 0 Å². The number of nitrogens with zero attached hydrogens (tertiary/aromatic N) is 2. The summed E-state index contributed by atoms with van der Waals surface area (Å²) in [7, 11) is 0. The summed E-state index contributed by atoms with van der Waals surface area (Å²) >= 11 is 0. The molecule has 13 nitrogen and oxygen atoms in total. The van der Waals surface area contributed by atoms with Crippen molar-refractivity contribution >= 4 is 29.8 Å². The van der Waals surface area contributed by atoms with Crippen LogP contribution in [0.25, 0.3) is 0 Å². The van der Waals surface area contributed by atoms with E-state index in [9.17, 15) is 24.0 Å². The zero-order valence-corrected chi connectivity index (χ0v) is 33.0. The fourth-order valence-corrected chi connectivity index (χ4v) is 5.16. The lowest BCUT2D eigenvalue weighted by Gasteiger charge is -2.39. The summed E-state index contributed by atoms with van der Waals surface area (Å²) in [5, 5.41) is 3.07. The molecule has 0 radical (unpaired) electrons. The predicted octanol–water partition coefficient (Wildman–Crippen LogP) is 4.21. The minimum Gasteiger partial charge on any atom is -0.460 e. The van der Waals surface area contributed by atoms with Crippen LogP contribution in [0.4, 0.5) is 0 Å². The van der Waals surface area contributed by atoms with Gasteiger partial charge in [-0.1, -0.05) is 60.7 Å². The van der Waals surface area contributed by atoms with Crippen LogP contribution in [0.5, 0.6) is 0 Å². The van der Waals surface area contributed by atoms with E-state index in [-0.39, 0.29) is 76.6 Å². The summed E-state index contributed by atoms with van der Waals surface area (Å²) < 4.78 is 27.7. The Balaban J connectivity index is 2.39. The highest BCUT2D eigenvalue weighted by Gasteiger charge is 2.37. The Labute approximate surface area is 314 Å². The quantitative estimate of drug-likeness (QED) is 0.0898. The number of ether oxygens (including phenoxy) is 5. The molecule has 0 aliphatic heterocycles. The lowest BCUT2D eigenvalue weighted by molar-refractivity contribution is -0.913.